The Balaban J connectivity index is 0.000000221. The van der Waals surface area contributed by atoms with Gasteiger partial charge in [-0.3, -0.25) is 0 Å². The van der Waals surface area contributed by atoms with Gasteiger partial charge in [-0.15, -0.1) is 0 Å². The van der Waals surface area contributed by atoms with Crippen molar-refractivity contribution in [1.29, 1.82) is 0 Å². The van der Waals surface area contributed by atoms with Crippen LogP contribution in [0.2, 0.25) is 0 Å². The van der Waals surface area contributed by atoms with E-state index < -0.39 is 10.1 Å². The van der Waals surface area contributed by atoms with Crippen LogP contribution in [-0.4, -0.2) is 20.1 Å². The lowest BCUT2D eigenvalue weighted by Crippen LogP contribution is -3.59. The molecule has 3 aromatic rings. The number of rotatable bonds is 3. The monoisotopic (exact) mass is 506 g/mol. The second kappa shape index (κ2) is 10.9. The summed E-state index contributed by atoms with van der Waals surface area (Å²) >= 11 is -0.313. The zero-order chi connectivity index (χ0) is 20.4. The van der Waals surface area contributed by atoms with Gasteiger partial charge in [0.25, 0.3) is 0 Å². The maximum absolute atomic E-state index is 10.4. The van der Waals surface area contributed by atoms with Crippen molar-refractivity contribution in [3.8, 4) is 15.6 Å². The average Bonchev–Trinajstić information content (AvgIpc) is 2.69. The summed E-state index contributed by atoms with van der Waals surface area (Å²) in [6, 6.07) is 23.9. The van der Waals surface area contributed by atoms with Crippen molar-refractivity contribution in [2.24, 2.45) is 0 Å². The number of hydrogen-bond acceptors (Lipinski definition) is 4. The van der Waals surface area contributed by atoms with Crippen LogP contribution >= 0.6 is 0 Å². The lowest BCUT2D eigenvalue weighted by atomic mass is 10.2. The van der Waals surface area contributed by atoms with E-state index in [-0.39, 0.29) is 26.1 Å². The van der Waals surface area contributed by atoms with Crippen molar-refractivity contribution in [1.82, 2.24) is 0 Å². The fraction of sp³-hybridized carbons (Fsp3) is 0.0909. The van der Waals surface area contributed by atoms with E-state index in [0.717, 1.165) is 16.9 Å². The molecule has 0 saturated carbocycles. The third kappa shape index (κ3) is 7.35. The summed E-state index contributed by atoms with van der Waals surface area (Å²) in [6.07, 6.45) is 0. The Labute approximate surface area is 176 Å². The molecule has 0 saturated heterocycles. The second-order valence-electron chi connectivity index (χ2n) is 5.58. The van der Waals surface area contributed by atoms with Crippen LogP contribution in [-0.2, 0) is 10.1 Å². The molecule has 3 rings (SSSR count). The molecule has 0 radical (unpaired) electrons. The van der Waals surface area contributed by atoms with E-state index in [0.29, 0.717) is 0 Å². The SMILES string of the molecule is COc1ccccc1[I+]C#Cc1ccccc1.Cc1ccc(S(=O)(=O)[O-])cc1. The molecule has 0 heterocycles. The summed E-state index contributed by atoms with van der Waals surface area (Å²) in [7, 11) is -2.57. The third-order valence-electron chi connectivity index (χ3n) is 3.48. The summed E-state index contributed by atoms with van der Waals surface area (Å²) in [5.74, 6) is 4.13. The summed E-state index contributed by atoms with van der Waals surface area (Å²) in [4.78, 5) is -0.178. The minimum Gasteiger partial charge on any atom is -0.744 e. The van der Waals surface area contributed by atoms with Gasteiger partial charge in [0.15, 0.2) is 9.68 Å². The highest BCUT2D eigenvalue weighted by Gasteiger charge is 2.14. The summed E-state index contributed by atoms with van der Waals surface area (Å²) in [6.45, 7) is 1.82. The van der Waals surface area contributed by atoms with E-state index in [4.69, 9.17) is 4.74 Å². The molecule has 0 aliphatic heterocycles. The molecule has 0 aromatic heterocycles. The molecule has 0 aliphatic rings. The summed E-state index contributed by atoms with van der Waals surface area (Å²) < 4.78 is 41.0. The van der Waals surface area contributed by atoms with Crippen LogP contribution in [0.4, 0.5) is 0 Å². The first kappa shape index (κ1) is 22.0. The first-order valence-corrected chi connectivity index (χ1v) is 11.8. The Morgan fingerprint density at radius 1 is 0.893 bits per heavy atom. The van der Waals surface area contributed by atoms with Gasteiger partial charge in [-0.1, -0.05) is 48.0 Å². The molecule has 0 atom stereocenters. The van der Waals surface area contributed by atoms with Crippen molar-refractivity contribution in [2.45, 2.75) is 11.8 Å². The minimum atomic E-state index is -4.27. The quantitative estimate of drug-likeness (QED) is 0.301. The molecule has 0 aliphatic carbocycles. The van der Waals surface area contributed by atoms with Crippen LogP contribution in [0.1, 0.15) is 11.1 Å². The lowest BCUT2D eigenvalue weighted by molar-refractivity contribution is -0.536. The van der Waals surface area contributed by atoms with E-state index in [1.54, 1.807) is 19.2 Å². The summed E-state index contributed by atoms with van der Waals surface area (Å²) in [5, 5.41) is 0. The Morgan fingerprint density at radius 2 is 1.50 bits per heavy atom. The Bertz CT molecular complexity index is 1050. The van der Waals surface area contributed by atoms with E-state index in [2.05, 4.69) is 15.9 Å². The van der Waals surface area contributed by atoms with Gasteiger partial charge in [-0.25, -0.2) is 8.42 Å². The van der Waals surface area contributed by atoms with Crippen LogP contribution in [0.15, 0.2) is 83.8 Å². The van der Waals surface area contributed by atoms with Crippen LogP contribution in [0.25, 0.3) is 0 Å². The predicted octanol–water partition coefficient (Wildman–Crippen LogP) is 0.862. The Morgan fingerprint density at radius 3 is 2.11 bits per heavy atom. The lowest BCUT2D eigenvalue weighted by Gasteiger charge is -2.05. The maximum atomic E-state index is 10.4. The number of ether oxygens (including phenoxy) is 1. The molecular formula is C22H19IO4S. The van der Waals surface area contributed by atoms with Gasteiger partial charge in [0.2, 0.25) is 3.57 Å². The first-order valence-electron chi connectivity index (χ1n) is 8.25. The number of benzene rings is 3. The Hall–Kier alpha value is -2.34. The average molecular weight is 506 g/mol. The van der Waals surface area contributed by atoms with E-state index in [1.807, 2.05) is 55.5 Å². The van der Waals surface area contributed by atoms with Crippen LogP contribution in [0.5, 0.6) is 5.75 Å². The number of methoxy groups -OCH3 is 1. The Kier molecular flexibility index (Phi) is 8.51. The first-order chi connectivity index (χ1) is 13.4. The standard InChI is InChI=1S/C15H12IO.C7H8O3S/c1-17-15-10-6-5-9-14(15)16-12-11-13-7-3-2-4-8-13;1-6-2-4-7(5-3-6)11(8,9)10/h2-10H,1H3;2-5H,1H3,(H,8,9,10)/q+1;/p-1. The van der Waals surface area contributed by atoms with Crippen molar-refractivity contribution in [3.63, 3.8) is 0 Å². The van der Waals surface area contributed by atoms with Crippen LogP contribution in [0, 0.1) is 20.3 Å². The van der Waals surface area contributed by atoms with Gasteiger partial charge in [0, 0.05) is 5.56 Å². The van der Waals surface area contributed by atoms with Crippen LogP contribution < -0.4 is 25.9 Å². The highest BCUT2D eigenvalue weighted by molar-refractivity contribution is 7.85. The van der Waals surface area contributed by atoms with Gasteiger partial charge in [-0.2, -0.15) is 0 Å². The number of halogens is 1. The molecule has 0 N–H and O–H groups in total. The van der Waals surface area contributed by atoms with Crippen molar-refractivity contribution in [3.05, 3.63) is 93.6 Å². The molecule has 3 aromatic carbocycles. The van der Waals surface area contributed by atoms with Gasteiger partial charge in [0.1, 0.15) is 10.1 Å². The van der Waals surface area contributed by atoms with Crippen LogP contribution in [0.3, 0.4) is 0 Å². The normalized spacial score (nSPS) is 10.1. The van der Waals surface area contributed by atoms with Gasteiger partial charge >= 0.3 is 21.2 Å². The fourth-order valence-electron chi connectivity index (χ4n) is 2.04. The molecule has 0 fully saturated rings. The third-order valence-corrected chi connectivity index (χ3v) is 6.34. The van der Waals surface area contributed by atoms with E-state index >= 15 is 0 Å². The molecule has 0 unspecified atom stereocenters. The maximum Gasteiger partial charge on any atom is 0.424 e. The van der Waals surface area contributed by atoms with Crippen molar-refractivity contribution >= 4 is 10.1 Å². The topological polar surface area (TPSA) is 66.4 Å². The smallest absolute Gasteiger partial charge is 0.424 e. The highest BCUT2D eigenvalue weighted by Crippen LogP contribution is 2.08. The fourth-order valence-corrected chi connectivity index (χ4v) is 4.30. The summed E-state index contributed by atoms with van der Waals surface area (Å²) in [5.41, 5.74) is 2.00. The highest BCUT2D eigenvalue weighted by atomic mass is 127. The largest absolute Gasteiger partial charge is 0.744 e. The number of hydrogen-bond donors (Lipinski definition) is 0. The van der Waals surface area contributed by atoms with Gasteiger partial charge in [0.05, 0.1) is 12.0 Å². The molecule has 144 valence electrons. The van der Waals surface area contributed by atoms with E-state index in [1.165, 1.54) is 15.7 Å². The molecule has 28 heavy (non-hydrogen) atoms. The molecule has 0 spiro atoms. The zero-order valence-electron chi connectivity index (χ0n) is 15.4. The molecule has 4 nitrogen and oxygen atoms in total. The number of aryl methyl sites for hydroxylation is 1. The molecular weight excluding hydrogens is 487 g/mol. The predicted molar refractivity (Wildman–Crippen MR) is 104 cm³/mol. The minimum absolute atomic E-state index is 0.178. The molecule has 6 heteroatoms. The van der Waals surface area contributed by atoms with Gasteiger partial charge in [-0.05, 0) is 49.2 Å². The molecule has 0 amide bonds. The van der Waals surface area contributed by atoms with Crippen molar-refractivity contribution in [2.75, 3.05) is 7.11 Å². The van der Waals surface area contributed by atoms with Gasteiger partial charge < -0.3 is 9.29 Å². The van der Waals surface area contributed by atoms with Crippen molar-refractivity contribution < 1.29 is 38.9 Å². The zero-order valence-corrected chi connectivity index (χ0v) is 18.4. The second-order valence-corrected chi connectivity index (χ2v) is 9.20. The number of para-hydroxylation sites is 1. The molecule has 0 bridgehead atoms. The van der Waals surface area contributed by atoms with E-state index in [9.17, 15) is 13.0 Å².